The lowest BCUT2D eigenvalue weighted by Crippen LogP contribution is -2.25. The molecule has 2 N–H and O–H groups in total. The van der Waals surface area contributed by atoms with Crippen LogP contribution in [0.25, 0.3) is 17.2 Å². The van der Waals surface area contributed by atoms with Crippen molar-refractivity contribution in [2.75, 3.05) is 5.32 Å². The van der Waals surface area contributed by atoms with Gasteiger partial charge in [0, 0.05) is 29.2 Å². The Morgan fingerprint density at radius 1 is 1.13 bits per heavy atom. The fourth-order valence-electron chi connectivity index (χ4n) is 3.05. The Morgan fingerprint density at radius 2 is 1.90 bits per heavy atom. The van der Waals surface area contributed by atoms with E-state index < -0.39 is 0 Å². The highest BCUT2D eigenvalue weighted by Gasteiger charge is 2.16. The first-order valence-electron chi connectivity index (χ1n) is 9.34. The highest BCUT2D eigenvalue weighted by atomic mass is 16.3. The molecule has 4 rings (SSSR count). The Bertz CT molecular complexity index is 1270. The van der Waals surface area contributed by atoms with Crippen LogP contribution in [-0.4, -0.2) is 35.2 Å². The Kier molecular flexibility index (Phi) is 5.11. The molecule has 0 saturated carbocycles. The van der Waals surface area contributed by atoms with Gasteiger partial charge in [-0.25, -0.2) is 0 Å². The van der Waals surface area contributed by atoms with Crippen LogP contribution in [0, 0.1) is 13.8 Å². The number of pyridine rings is 1. The topological polar surface area (TPSA) is 114 Å². The third kappa shape index (κ3) is 3.83. The van der Waals surface area contributed by atoms with E-state index in [0.717, 1.165) is 5.56 Å². The quantitative estimate of drug-likeness (QED) is 0.523. The second-order valence-electron chi connectivity index (χ2n) is 6.97. The summed E-state index contributed by atoms with van der Waals surface area (Å²) in [6.45, 7) is 3.52. The maximum absolute atomic E-state index is 12.6. The molecular formula is C21H20N6O3. The number of hydrogen-bond donors (Lipinski definition) is 2. The van der Waals surface area contributed by atoms with Crippen LogP contribution in [-0.2, 0) is 17.9 Å². The zero-order valence-electron chi connectivity index (χ0n) is 16.5. The number of anilines is 1. The molecule has 9 nitrogen and oxygen atoms in total. The van der Waals surface area contributed by atoms with Gasteiger partial charge >= 0.3 is 0 Å². The van der Waals surface area contributed by atoms with Crippen LogP contribution < -0.4 is 10.9 Å². The molecule has 0 unspecified atom stereocenters. The zero-order chi connectivity index (χ0) is 21.3. The van der Waals surface area contributed by atoms with E-state index in [2.05, 4.69) is 20.4 Å². The summed E-state index contributed by atoms with van der Waals surface area (Å²) in [7, 11) is 0. The summed E-state index contributed by atoms with van der Waals surface area (Å²) in [5.74, 6) is 0.327. The molecule has 0 aliphatic heterocycles. The maximum Gasteiger partial charge on any atom is 0.275 e. The molecule has 0 aliphatic carbocycles. The van der Waals surface area contributed by atoms with Gasteiger partial charge in [0.1, 0.15) is 6.54 Å². The molecule has 1 amide bonds. The number of benzene rings is 1. The Labute approximate surface area is 171 Å². The Morgan fingerprint density at radius 3 is 2.57 bits per heavy atom. The van der Waals surface area contributed by atoms with Crippen molar-refractivity contribution in [2.24, 2.45) is 0 Å². The molecule has 0 spiro atoms. The lowest BCUT2D eigenvalue weighted by atomic mass is 10.2. The Hall–Kier alpha value is -3.85. The van der Waals surface area contributed by atoms with Crippen LogP contribution in [0.15, 0.2) is 53.5 Å². The molecule has 0 saturated heterocycles. The maximum atomic E-state index is 12.6. The highest BCUT2D eigenvalue weighted by molar-refractivity contribution is 5.90. The van der Waals surface area contributed by atoms with E-state index in [1.807, 2.05) is 31.2 Å². The van der Waals surface area contributed by atoms with E-state index in [4.69, 9.17) is 5.11 Å². The summed E-state index contributed by atoms with van der Waals surface area (Å²) in [6, 6.07) is 12.3. The third-order valence-electron chi connectivity index (χ3n) is 4.68. The summed E-state index contributed by atoms with van der Waals surface area (Å²) >= 11 is 0. The van der Waals surface area contributed by atoms with Gasteiger partial charge < -0.3 is 15.0 Å². The molecule has 3 aromatic heterocycles. The number of amides is 1. The van der Waals surface area contributed by atoms with E-state index in [9.17, 15) is 9.59 Å². The van der Waals surface area contributed by atoms with Crippen molar-refractivity contribution in [2.45, 2.75) is 27.0 Å². The van der Waals surface area contributed by atoms with Crippen LogP contribution >= 0.6 is 0 Å². The number of nitrogens with one attached hydrogen (secondary N) is 1. The van der Waals surface area contributed by atoms with Crippen LogP contribution in [0.4, 0.5) is 5.69 Å². The minimum atomic E-state index is -0.337. The van der Waals surface area contributed by atoms with Crippen molar-refractivity contribution in [1.82, 2.24) is 24.1 Å². The van der Waals surface area contributed by atoms with Crippen LogP contribution in [0.1, 0.15) is 17.0 Å². The number of fused-ring (bicyclic) bond motifs is 1. The summed E-state index contributed by atoms with van der Waals surface area (Å²) in [5.41, 5.74) is 3.17. The number of rotatable bonds is 5. The lowest BCUT2D eigenvalue weighted by molar-refractivity contribution is -0.116. The predicted octanol–water partition coefficient (Wildman–Crippen LogP) is 1.70. The van der Waals surface area contributed by atoms with Crippen LogP contribution in [0.5, 0.6) is 0 Å². The fraction of sp³-hybridized carbons (Fsp3) is 0.190. The molecule has 0 fully saturated rings. The van der Waals surface area contributed by atoms with Crippen LogP contribution in [0.2, 0.25) is 0 Å². The number of hydrogen-bond acceptors (Lipinski definition) is 6. The van der Waals surface area contributed by atoms with Gasteiger partial charge in [0.15, 0.2) is 5.82 Å². The molecule has 4 aromatic rings. The summed E-state index contributed by atoms with van der Waals surface area (Å²) in [4.78, 5) is 33.6. The molecule has 1 aromatic carbocycles. The fourth-order valence-corrected chi connectivity index (χ4v) is 3.05. The first-order valence-corrected chi connectivity index (χ1v) is 9.34. The lowest BCUT2D eigenvalue weighted by Gasteiger charge is -2.11. The van der Waals surface area contributed by atoms with Crippen molar-refractivity contribution < 1.29 is 9.90 Å². The van der Waals surface area contributed by atoms with Gasteiger partial charge in [0.05, 0.1) is 12.3 Å². The molecule has 152 valence electrons. The number of aliphatic hydroxyl groups is 1. The number of carbonyl (C=O) groups is 1. The van der Waals surface area contributed by atoms with E-state index in [1.54, 1.807) is 23.6 Å². The van der Waals surface area contributed by atoms with Crippen LogP contribution in [0.3, 0.4) is 0 Å². The zero-order valence-corrected chi connectivity index (χ0v) is 16.5. The van der Waals surface area contributed by atoms with Gasteiger partial charge in [-0.3, -0.25) is 14.6 Å². The predicted molar refractivity (Wildman–Crippen MR) is 111 cm³/mol. The standard InChI is InChI=1S/C21H20N6O3/c1-13-3-6-16(7-4-13)23-18(29)11-26-14(2)9-19(30)27-21(26)24-20(25-27)15-5-8-17(12-28)22-10-15/h3-10,28H,11-12H2,1-2H3,(H,23,29). The van der Waals surface area contributed by atoms with Crippen molar-refractivity contribution in [3.8, 4) is 11.4 Å². The summed E-state index contributed by atoms with van der Waals surface area (Å²) < 4.78 is 2.80. The number of carbonyl (C=O) groups excluding carboxylic acids is 1. The average molecular weight is 404 g/mol. The molecule has 0 bridgehead atoms. The number of nitrogens with zero attached hydrogens (tertiary/aromatic N) is 5. The summed E-state index contributed by atoms with van der Waals surface area (Å²) in [6.07, 6.45) is 1.53. The van der Waals surface area contributed by atoms with E-state index in [0.29, 0.717) is 28.5 Å². The van der Waals surface area contributed by atoms with Crippen molar-refractivity contribution >= 4 is 17.4 Å². The van der Waals surface area contributed by atoms with Gasteiger partial charge in [0.2, 0.25) is 11.7 Å². The monoisotopic (exact) mass is 404 g/mol. The van der Waals surface area contributed by atoms with Gasteiger partial charge in [-0.05, 0) is 38.1 Å². The van der Waals surface area contributed by atoms with Gasteiger partial charge in [-0.15, -0.1) is 5.10 Å². The minimum Gasteiger partial charge on any atom is -0.390 e. The molecule has 3 heterocycles. The molecular weight excluding hydrogens is 384 g/mol. The second-order valence-corrected chi connectivity index (χ2v) is 6.97. The average Bonchev–Trinajstić information content (AvgIpc) is 3.19. The first-order chi connectivity index (χ1) is 14.4. The Balaban J connectivity index is 1.68. The second kappa shape index (κ2) is 7.88. The molecule has 9 heteroatoms. The van der Waals surface area contributed by atoms with Crippen molar-refractivity contribution in [3.05, 3.63) is 76.0 Å². The SMILES string of the molecule is Cc1ccc(NC(=O)Cn2c(C)cc(=O)n3nc(-c4ccc(CO)nc4)nc23)cc1. The largest absolute Gasteiger partial charge is 0.390 e. The molecule has 0 aliphatic rings. The number of aromatic nitrogens is 5. The number of aliphatic hydroxyl groups excluding tert-OH is 1. The normalized spacial score (nSPS) is 11.0. The van der Waals surface area contributed by atoms with E-state index in [-0.39, 0.29) is 30.4 Å². The van der Waals surface area contributed by atoms with Gasteiger partial charge in [-0.1, -0.05) is 17.7 Å². The van der Waals surface area contributed by atoms with E-state index in [1.165, 1.54) is 16.8 Å². The van der Waals surface area contributed by atoms with Crippen molar-refractivity contribution in [3.63, 3.8) is 0 Å². The minimum absolute atomic E-state index is 0.0245. The molecule has 0 radical (unpaired) electrons. The van der Waals surface area contributed by atoms with E-state index >= 15 is 0 Å². The highest BCUT2D eigenvalue weighted by Crippen LogP contribution is 2.16. The number of aryl methyl sites for hydroxylation is 2. The third-order valence-corrected chi connectivity index (χ3v) is 4.68. The van der Waals surface area contributed by atoms with Crippen molar-refractivity contribution in [1.29, 1.82) is 0 Å². The molecule has 0 atom stereocenters. The summed E-state index contributed by atoms with van der Waals surface area (Å²) in [5, 5.41) is 16.3. The first kappa shape index (κ1) is 19.5. The molecule has 30 heavy (non-hydrogen) atoms. The smallest absolute Gasteiger partial charge is 0.275 e. The van der Waals surface area contributed by atoms with Gasteiger partial charge in [-0.2, -0.15) is 9.50 Å². The van der Waals surface area contributed by atoms with Gasteiger partial charge in [0.25, 0.3) is 5.56 Å².